The van der Waals surface area contributed by atoms with Crippen molar-refractivity contribution in [1.29, 1.82) is 0 Å². The summed E-state index contributed by atoms with van der Waals surface area (Å²) in [5.41, 5.74) is -0.290. The molecule has 90 valence electrons. The molecule has 0 radical (unpaired) electrons. The molecule has 2 heterocycles. The van der Waals surface area contributed by atoms with Crippen molar-refractivity contribution < 1.29 is 14.7 Å². The zero-order chi connectivity index (χ0) is 13.0. The summed E-state index contributed by atoms with van der Waals surface area (Å²) in [6, 6.07) is 7.79. The number of carbonyl (C=O) groups excluding carboxylic acids is 1. The number of hydrogen-bond donors (Lipinski definition) is 2. The third kappa shape index (κ3) is 2.49. The monoisotopic (exact) mass is 243 g/mol. The quantitative estimate of drug-likeness (QED) is 0.850. The van der Waals surface area contributed by atoms with Crippen LogP contribution >= 0.6 is 0 Å². The third-order valence-electron chi connectivity index (χ3n) is 2.16. The molecule has 2 N–H and O–H groups in total. The summed E-state index contributed by atoms with van der Waals surface area (Å²) in [5, 5.41) is 11.4. The minimum absolute atomic E-state index is 0.143. The van der Waals surface area contributed by atoms with Crippen molar-refractivity contribution in [2.45, 2.75) is 0 Å². The molecule has 2 aromatic rings. The minimum Gasteiger partial charge on any atom is -0.478 e. The van der Waals surface area contributed by atoms with E-state index in [-0.39, 0.29) is 11.3 Å². The largest absolute Gasteiger partial charge is 0.478 e. The minimum atomic E-state index is -1.20. The average Bonchev–Trinajstić information content (AvgIpc) is 2.40. The van der Waals surface area contributed by atoms with E-state index in [1.807, 2.05) is 0 Å². The molecule has 0 spiro atoms. The average molecular weight is 243 g/mol. The molecule has 0 aliphatic heterocycles. The number of nitrogens with zero attached hydrogens (tertiary/aromatic N) is 2. The van der Waals surface area contributed by atoms with Crippen LogP contribution in [0.15, 0.2) is 42.7 Å². The molecule has 0 aliphatic rings. The van der Waals surface area contributed by atoms with Crippen LogP contribution in [0, 0.1) is 0 Å². The highest BCUT2D eigenvalue weighted by Gasteiger charge is 2.17. The number of aromatic nitrogens is 2. The zero-order valence-corrected chi connectivity index (χ0v) is 9.20. The highest BCUT2D eigenvalue weighted by molar-refractivity contribution is 6.08. The van der Waals surface area contributed by atoms with Crippen molar-refractivity contribution in [2.75, 3.05) is 5.32 Å². The van der Waals surface area contributed by atoms with E-state index < -0.39 is 11.9 Å². The number of aromatic carboxylic acids is 1. The van der Waals surface area contributed by atoms with Crippen molar-refractivity contribution in [1.82, 2.24) is 9.97 Å². The number of rotatable bonds is 3. The fourth-order valence-electron chi connectivity index (χ4n) is 1.37. The maximum Gasteiger partial charge on any atom is 0.338 e. The van der Waals surface area contributed by atoms with E-state index in [9.17, 15) is 9.59 Å². The number of carboxylic acid groups (broad SMARTS) is 1. The van der Waals surface area contributed by atoms with Gasteiger partial charge in [-0.3, -0.25) is 9.78 Å². The Morgan fingerprint density at radius 3 is 2.50 bits per heavy atom. The molecule has 6 nitrogen and oxygen atoms in total. The van der Waals surface area contributed by atoms with Crippen molar-refractivity contribution >= 4 is 17.7 Å². The van der Waals surface area contributed by atoms with Crippen LogP contribution in [-0.2, 0) is 0 Å². The maximum absolute atomic E-state index is 11.9. The van der Waals surface area contributed by atoms with Crippen molar-refractivity contribution in [3.8, 4) is 0 Å². The Kier molecular flexibility index (Phi) is 3.29. The fraction of sp³-hybridized carbons (Fsp3) is 0. The lowest BCUT2D eigenvalue weighted by Gasteiger charge is -2.05. The molecule has 0 saturated heterocycles. The lowest BCUT2D eigenvalue weighted by molar-refractivity contribution is 0.0691. The van der Waals surface area contributed by atoms with Crippen LogP contribution in [0.1, 0.15) is 20.8 Å². The molecule has 0 atom stereocenters. The van der Waals surface area contributed by atoms with Crippen molar-refractivity contribution in [2.24, 2.45) is 0 Å². The van der Waals surface area contributed by atoms with Gasteiger partial charge in [-0.05, 0) is 24.3 Å². The van der Waals surface area contributed by atoms with Crippen LogP contribution in [0.3, 0.4) is 0 Å². The first-order valence-electron chi connectivity index (χ1n) is 5.09. The molecule has 0 bridgehead atoms. The van der Waals surface area contributed by atoms with E-state index in [1.54, 1.807) is 18.2 Å². The first kappa shape index (κ1) is 11.7. The van der Waals surface area contributed by atoms with Crippen LogP contribution in [0.25, 0.3) is 0 Å². The number of pyridine rings is 2. The Balaban J connectivity index is 2.27. The normalized spacial score (nSPS) is 9.78. The second-order valence-electron chi connectivity index (χ2n) is 3.37. The number of anilines is 1. The fourth-order valence-corrected chi connectivity index (χ4v) is 1.37. The molecule has 1 amide bonds. The molecule has 0 unspecified atom stereocenters. The molecular weight excluding hydrogens is 234 g/mol. The SMILES string of the molecule is O=C(O)c1cccnc1C(=O)Nc1ccccn1. The van der Waals surface area contributed by atoms with Crippen molar-refractivity contribution in [3.63, 3.8) is 0 Å². The molecule has 6 heteroatoms. The summed E-state index contributed by atoms with van der Waals surface area (Å²) >= 11 is 0. The van der Waals surface area contributed by atoms with Gasteiger partial charge in [0, 0.05) is 12.4 Å². The summed E-state index contributed by atoms with van der Waals surface area (Å²) in [4.78, 5) is 30.5. The van der Waals surface area contributed by atoms with Gasteiger partial charge in [-0.1, -0.05) is 6.07 Å². The molecule has 2 rings (SSSR count). The Labute approximate surface area is 102 Å². The number of nitrogens with one attached hydrogen (secondary N) is 1. The van der Waals surface area contributed by atoms with E-state index in [4.69, 9.17) is 5.11 Å². The second-order valence-corrected chi connectivity index (χ2v) is 3.37. The van der Waals surface area contributed by atoms with Gasteiger partial charge in [0.1, 0.15) is 11.5 Å². The van der Waals surface area contributed by atoms with Gasteiger partial charge in [-0.2, -0.15) is 0 Å². The Morgan fingerprint density at radius 1 is 1.06 bits per heavy atom. The van der Waals surface area contributed by atoms with Crippen LogP contribution < -0.4 is 5.32 Å². The van der Waals surface area contributed by atoms with Crippen LogP contribution in [0.2, 0.25) is 0 Å². The molecule has 0 fully saturated rings. The number of carbonyl (C=O) groups is 2. The van der Waals surface area contributed by atoms with Gasteiger partial charge < -0.3 is 10.4 Å². The van der Waals surface area contributed by atoms with E-state index in [0.717, 1.165) is 0 Å². The zero-order valence-electron chi connectivity index (χ0n) is 9.20. The Morgan fingerprint density at radius 2 is 1.83 bits per heavy atom. The molecule has 2 aromatic heterocycles. The maximum atomic E-state index is 11.9. The predicted molar refractivity (Wildman–Crippen MR) is 63.4 cm³/mol. The Bertz CT molecular complexity index is 584. The highest BCUT2D eigenvalue weighted by atomic mass is 16.4. The molecule has 0 aliphatic carbocycles. The predicted octanol–water partition coefficient (Wildman–Crippen LogP) is 1.43. The highest BCUT2D eigenvalue weighted by Crippen LogP contribution is 2.08. The topological polar surface area (TPSA) is 92.2 Å². The van der Waals surface area contributed by atoms with Crippen LogP contribution in [0.5, 0.6) is 0 Å². The van der Waals surface area contributed by atoms with E-state index >= 15 is 0 Å². The van der Waals surface area contributed by atoms with Gasteiger partial charge in [0.15, 0.2) is 0 Å². The number of carboxylic acids is 1. The van der Waals surface area contributed by atoms with Crippen LogP contribution in [-0.4, -0.2) is 27.0 Å². The molecule has 18 heavy (non-hydrogen) atoms. The molecule has 0 aromatic carbocycles. The summed E-state index contributed by atoms with van der Waals surface area (Å²) in [5.74, 6) is -1.47. The summed E-state index contributed by atoms with van der Waals surface area (Å²) in [6.45, 7) is 0. The summed E-state index contributed by atoms with van der Waals surface area (Å²) < 4.78 is 0. The van der Waals surface area contributed by atoms with E-state index in [0.29, 0.717) is 5.82 Å². The van der Waals surface area contributed by atoms with Gasteiger partial charge in [0.05, 0.1) is 5.56 Å². The van der Waals surface area contributed by atoms with Gasteiger partial charge in [0.25, 0.3) is 5.91 Å². The first-order chi connectivity index (χ1) is 8.68. The number of hydrogen-bond acceptors (Lipinski definition) is 4. The Hall–Kier alpha value is -2.76. The van der Waals surface area contributed by atoms with Crippen LogP contribution in [0.4, 0.5) is 5.82 Å². The third-order valence-corrected chi connectivity index (χ3v) is 2.16. The van der Waals surface area contributed by atoms with Gasteiger partial charge in [-0.25, -0.2) is 9.78 Å². The molecular formula is C12H9N3O3. The molecule has 0 saturated carbocycles. The van der Waals surface area contributed by atoms with Gasteiger partial charge >= 0.3 is 5.97 Å². The smallest absolute Gasteiger partial charge is 0.338 e. The van der Waals surface area contributed by atoms with E-state index in [2.05, 4.69) is 15.3 Å². The van der Waals surface area contributed by atoms with Gasteiger partial charge in [0.2, 0.25) is 0 Å². The van der Waals surface area contributed by atoms with Gasteiger partial charge in [-0.15, -0.1) is 0 Å². The standard InChI is InChI=1S/C12H9N3O3/c16-11(15-9-5-1-2-6-13-9)10-8(12(17)18)4-3-7-14-10/h1-7H,(H,17,18)(H,13,15,16). The lowest BCUT2D eigenvalue weighted by atomic mass is 10.2. The van der Waals surface area contributed by atoms with Crippen molar-refractivity contribution in [3.05, 3.63) is 54.0 Å². The van der Waals surface area contributed by atoms with E-state index in [1.165, 1.54) is 24.5 Å². The lowest BCUT2D eigenvalue weighted by Crippen LogP contribution is -2.18. The number of amides is 1. The summed E-state index contributed by atoms with van der Waals surface area (Å²) in [7, 11) is 0. The summed E-state index contributed by atoms with van der Waals surface area (Å²) in [6.07, 6.45) is 2.88. The first-order valence-corrected chi connectivity index (χ1v) is 5.09. The second kappa shape index (κ2) is 5.05.